The van der Waals surface area contributed by atoms with Crippen LogP contribution in [0, 0.1) is 0 Å². The molecule has 1 N–H and O–H groups in total. The van der Waals surface area contributed by atoms with E-state index in [-0.39, 0.29) is 5.91 Å². The number of anilines is 1. The van der Waals surface area contributed by atoms with Gasteiger partial charge in [0.05, 0.1) is 0 Å². The second kappa shape index (κ2) is 4.18. The summed E-state index contributed by atoms with van der Waals surface area (Å²) in [5.74, 6) is -0.106. The second-order valence-corrected chi connectivity index (χ2v) is 4.04. The Morgan fingerprint density at radius 1 is 1.31 bits per heavy atom. The fraction of sp³-hybridized carbons (Fsp3) is 0.222. The highest BCUT2D eigenvalue weighted by Crippen LogP contribution is 2.11. The molecule has 3 nitrogen and oxygen atoms in total. The van der Waals surface area contributed by atoms with Gasteiger partial charge in [0, 0.05) is 34.6 Å². The molecule has 0 aliphatic heterocycles. The predicted octanol–water partition coefficient (Wildman–Crippen LogP) is 1.38. The molecular weight excluding hydrogens is 186 g/mol. The van der Waals surface area contributed by atoms with Gasteiger partial charge in [-0.3, -0.25) is 9.00 Å². The zero-order chi connectivity index (χ0) is 9.84. The van der Waals surface area contributed by atoms with Crippen molar-refractivity contribution in [2.45, 2.75) is 11.8 Å². The molecule has 0 fully saturated rings. The van der Waals surface area contributed by atoms with Gasteiger partial charge in [-0.2, -0.15) is 0 Å². The highest BCUT2D eigenvalue weighted by Gasteiger charge is 1.98. The van der Waals surface area contributed by atoms with Gasteiger partial charge in [0.1, 0.15) is 0 Å². The van der Waals surface area contributed by atoms with Crippen molar-refractivity contribution in [2.24, 2.45) is 0 Å². The van der Waals surface area contributed by atoms with Crippen LogP contribution >= 0.6 is 0 Å². The molecule has 0 heterocycles. The van der Waals surface area contributed by atoms with Gasteiger partial charge in [0.25, 0.3) is 0 Å². The van der Waals surface area contributed by atoms with Gasteiger partial charge >= 0.3 is 0 Å². The van der Waals surface area contributed by atoms with Gasteiger partial charge in [0.15, 0.2) is 0 Å². The van der Waals surface area contributed by atoms with Gasteiger partial charge < -0.3 is 5.32 Å². The minimum Gasteiger partial charge on any atom is -0.326 e. The first-order valence-corrected chi connectivity index (χ1v) is 5.36. The summed E-state index contributed by atoms with van der Waals surface area (Å²) in [5.41, 5.74) is 0.724. The van der Waals surface area contributed by atoms with Crippen LogP contribution in [0.3, 0.4) is 0 Å². The van der Waals surface area contributed by atoms with Crippen LogP contribution in [0.25, 0.3) is 0 Å². The van der Waals surface area contributed by atoms with Crippen molar-refractivity contribution in [3.05, 3.63) is 24.3 Å². The largest absolute Gasteiger partial charge is 0.326 e. The number of hydrogen-bond acceptors (Lipinski definition) is 2. The number of carbonyl (C=O) groups excluding carboxylic acids is 1. The van der Waals surface area contributed by atoms with Gasteiger partial charge in [-0.15, -0.1) is 0 Å². The van der Waals surface area contributed by atoms with Crippen molar-refractivity contribution >= 4 is 22.4 Å². The zero-order valence-electron chi connectivity index (χ0n) is 7.53. The molecule has 0 aliphatic carbocycles. The first kappa shape index (κ1) is 9.92. The highest BCUT2D eigenvalue weighted by molar-refractivity contribution is 7.84. The van der Waals surface area contributed by atoms with Gasteiger partial charge in [-0.05, 0) is 24.3 Å². The first-order chi connectivity index (χ1) is 6.09. The van der Waals surface area contributed by atoms with Crippen LogP contribution in [-0.2, 0) is 15.6 Å². The van der Waals surface area contributed by atoms with Gasteiger partial charge in [0.2, 0.25) is 5.91 Å². The Kier molecular flexibility index (Phi) is 3.19. The predicted molar refractivity (Wildman–Crippen MR) is 53.1 cm³/mol. The van der Waals surface area contributed by atoms with Crippen LogP contribution < -0.4 is 5.32 Å². The van der Waals surface area contributed by atoms with E-state index in [1.165, 1.54) is 6.92 Å². The van der Waals surface area contributed by atoms with Crippen LogP contribution in [0.15, 0.2) is 29.2 Å². The van der Waals surface area contributed by atoms with Crippen LogP contribution in [0.2, 0.25) is 0 Å². The lowest BCUT2D eigenvalue weighted by molar-refractivity contribution is -0.114. The molecule has 1 rings (SSSR count). The van der Waals surface area contributed by atoms with E-state index in [1.54, 1.807) is 30.5 Å². The molecular formula is C9H11NO2S. The maximum atomic E-state index is 11.0. The quantitative estimate of drug-likeness (QED) is 0.778. The maximum Gasteiger partial charge on any atom is 0.221 e. The molecule has 4 heteroatoms. The van der Waals surface area contributed by atoms with Crippen molar-refractivity contribution in [1.82, 2.24) is 0 Å². The molecule has 0 spiro atoms. The van der Waals surface area contributed by atoms with Crippen LogP contribution in [-0.4, -0.2) is 16.4 Å². The third-order valence-electron chi connectivity index (χ3n) is 1.51. The van der Waals surface area contributed by atoms with E-state index in [0.29, 0.717) is 0 Å². The molecule has 0 aromatic heterocycles. The average molecular weight is 197 g/mol. The molecule has 13 heavy (non-hydrogen) atoms. The summed E-state index contributed by atoms with van der Waals surface area (Å²) in [7, 11) is -0.963. The summed E-state index contributed by atoms with van der Waals surface area (Å²) in [6.07, 6.45) is 1.62. The van der Waals surface area contributed by atoms with Crippen molar-refractivity contribution in [3.63, 3.8) is 0 Å². The monoisotopic (exact) mass is 197 g/mol. The van der Waals surface area contributed by atoms with Gasteiger partial charge in [-0.1, -0.05) is 0 Å². The number of hydrogen-bond donors (Lipinski definition) is 1. The molecule has 1 atom stereocenters. The van der Waals surface area contributed by atoms with Crippen molar-refractivity contribution in [1.29, 1.82) is 0 Å². The minimum atomic E-state index is -0.963. The normalized spacial score (nSPS) is 12.2. The second-order valence-electron chi connectivity index (χ2n) is 2.66. The van der Waals surface area contributed by atoms with Crippen molar-refractivity contribution in [2.75, 3.05) is 11.6 Å². The zero-order valence-corrected chi connectivity index (χ0v) is 8.35. The number of amides is 1. The number of benzene rings is 1. The summed E-state index contributed by atoms with van der Waals surface area (Å²) in [5, 5.41) is 2.63. The SMILES string of the molecule is CC(=O)Nc1ccc(S(C)=O)cc1. The van der Waals surface area contributed by atoms with E-state index in [2.05, 4.69) is 5.32 Å². The summed E-state index contributed by atoms with van der Waals surface area (Å²) in [4.78, 5) is 11.4. The Labute approximate surface area is 79.6 Å². The summed E-state index contributed by atoms with van der Waals surface area (Å²) in [6, 6.07) is 6.94. The minimum absolute atomic E-state index is 0.106. The molecule has 1 unspecified atom stereocenters. The Bertz CT molecular complexity index is 332. The first-order valence-electron chi connectivity index (χ1n) is 3.80. The molecule has 70 valence electrons. The van der Waals surface area contributed by atoms with Crippen molar-refractivity contribution < 1.29 is 9.00 Å². The molecule has 0 bridgehead atoms. The summed E-state index contributed by atoms with van der Waals surface area (Å²) >= 11 is 0. The third-order valence-corrected chi connectivity index (χ3v) is 2.44. The Morgan fingerprint density at radius 3 is 2.23 bits per heavy atom. The fourth-order valence-electron chi connectivity index (χ4n) is 0.933. The van der Waals surface area contributed by atoms with E-state index in [4.69, 9.17) is 0 Å². The maximum absolute atomic E-state index is 11.0. The number of carbonyl (C=O) groups is 1. The molecule has 0 saturated carbocycles. The number of rotatable bonds is 2. The number of nitrogens with one attached hydrogen (secondary N) is 1. The lowest BCUT2D eigenvalue weighted by Crippen LogP contribution is -2.05. The smallest absolute Gasteiger partial charge is 0.221 e. The lowest BCUT2D eigenvalue weighted by Gasteiger charge is -2.01. The Hall–Kier alpha value is -1.16. The fourth-order valence-corrected chi connectivity index (χ4v) is 1.45. The van der Waals surface area contributed by atoms with Crippen LogP contribution in [0.4, 0.5) is 5.69 Å². The lowest BCUT2D eigenvalue weighted by atomic mass is 10.3. The molecule has 1 amide bonds. The van der Waals surface area contributed by atoms with E-state index in [9.17, 15) is 9.00 Å². The van der Waals surface area contributed by atoms with E-state index >= 15 is 0 Å². The molecule has 0 radical (unpaired) electrons. The standard InChI is InChI=1S/C9H11NO2S/c1-7(11)10-8-3-5-9(6-4-8)13(2)12/h3-6H,1-2H3,(H,10,11). The Morgan fingerprint density at radius 2 is 1.85 bits per heavy atom. The molecule has 0 aliphatic rings. The van der Waals surface area contributed by atoms with Crippen LogP contribution in [0.1, 0.15) is 6.92 Å². The van der Waals surface area contributed by atoms with E-state index < -0.39 is 10.8 Å². The highest BCUT2D eigenvalue weighted by atomic mass is 32.2. The third kappa shape index (κ3) is 2.99. The van der Waals surface area contributed by atoms with E-state index in [1.807, 2.05) is 0 Å². The van der Waals surface area contributed by atoms with Crippen molar-refractivity contribution in [3.8, 4) is 0 Å². The Balaban J connectivity index is 2.81. The molecule has 0 saturated heterocycles. The summed E-state index contributed by atoms with van der Waals surface area (Å²) < 4.78 is 11.0. The average Bonchev–Trinajstić information content (AvgIpc) is 2.04. The topological polar surface area (TPSA) is 46.2 Å². The molecule has 1 aromatic carbocycles. The van der Waals surface area contributed by atoms with E-state index in [0.717, 1.165) is 10.6 Å². The van der Waals surface area contributed by atoms with Crippen LogP contribution in [0.5, 0.6) is 0 Å². The van der Waals surface area contributed by atoms with Gasteiger partial charge in [-0.25, -0.2) is 0 Å². The summed E-state index contributed by atoms with van der Waals surface area (Å²) in [6.45, 7) is 1.45. The molecule has 1 aromatic rings.